The number of nitrogens with zero attached hydrogens (tertiary/aromatic N) is 2. The smallest absolute Gasteiger partial charge is 0.377 e. The molecule has 1 unspecified atom stereocenters. The maximum Gasteiger partial charge on any atom is 0.389 e. The molecule has 3 N–H and O–H groups in total. The molecule has 0 aliphatic heterocycles. The molecule has 0 fully saturated rings. The molecule has 168 valence electrons. The van der Waals surface area contributed by atoms with Crippen LogP contribution in [0.2, 0.25) is 5.02 Å². The summed E-state index contributed by atoms with van der Waals surface area (Å²) in [6, 6.07) is 8.03. The molecule has 0 aromatic heterocycles. The summed E-state index contributed by atoms with van der Waals surface area (Å²) >= 11 is 5.76. The highest BCUT2D eigenvalue weighted by atomic mass is 35.5. The largest absolute Gasteiger partial charge is 0.389 e. The molecular formula is C19H18ClF4N3O3S. The number of hydrogen-bond donors (Lipinski definition) is 2. The van der Waals surface area contributed by atoms with E-state index in [1.165, 1.54) is 18.2 Å². The summed E-state index contributed by atoms with van der Waals surface area (Å²) in [7, 11) is -4.52. The predicted octanol–water partition coefficient (Wildman–Crippen LogP) is 3.53. The second-order valence-electron chi connectivity index (χ2n) is 6.63. The van der Waals surface area contributed by atoms with Crippen LogP contribution >= 0.6 is 11.6 Å². The van der Waals surface area contributed by atoms with Crippen molar-refractivity contribution in [1.29, 1.82) is 5.26 Å². The number of hydrogen-bond acceptors (Lipinski definition) is 5. The van der Waals surface area contributed by atoms with Gasteiger partial charge in [-0.05, 0) is 42.8 Å². The van der Waals surface area contributed by atoms with Gasteiger partial charge in [0, 0.05) is 23.6 Å². The van der Waals surface area contributed by atoms with Crippen molar-refractivity contribution < 1.29 is 31.1 Å². The van der Waals surface area contributed by atoms with Gasteiger partial charge in [-0.1, -0.05) is 17.7 Å². The minimum Gasteiger partial charge on any atom is -0.377 e. The number of aliphatic hydroxyl groups is 1. The second-order valence-corrected chi connectivity index (χ2v) is 8.96. The van der Waals surface area contributed by atoms with Crippen molar-refractivity contribution in [2.75, 3.05) is 0 Å². The third-order valence-electron chi connectivity index (χ3n) is 4.42. The summed E-state index contributed by atoms with van der Waals surface area (Å²) in [6.45, 7) is -0.723. The number of nitrogens with two attached hydrogens (primary N) is 1. The van der Waals surface area contributed by atoms with E-state index in [0.717, 1.165) is 24.3 Å². The summed E-state index contributed by atoms with van der Waals surface area (Å²) in [5, 5.41) is 19.0. The van der Waals surface area contributed by atoms with Crippen LogP contribution in [0.3, 0.4) is 0 Å². The van der Waals surface area contributed by atoms with Crippen LogP contribution in [0.25, 0.3) is 0 Å². The monoisotopic (exact) mass is 479 g/mol. The van der Waals surface area contributed by atoms with E-state index in [4.69, 9.17) is 22.6 Å². The van der Waals surface area contributed by atoms with E-state index in [9.17, 15) is 31.1 Å². The molecule has 0 radical (unpaired) electrons. The topological polar surface area (TPSA) is 107 Å². The van der Waals surface area contributed by atoms with Crippen LogP contribution in [-0.4, -0.2) is 36.3 Å². The molecule has 0 aliphatic rings. The van der Waals surface area contributed by atoms with Crippen molar-refractivity contribution in [1.82, 2.24) is 4.31 Å². The Labute approximate surface area is 181 Å². The lowest BCUT2D eigenvalue weighted by molar-refractivity contribution is -0.139. The van der Waals surface area contributed by atoms with E-state index in [1.807, 2.05) is 0 Å². The highest BCUT2D eigenvalue weighted by Crippen LogP contribution is 2.29. The van der Waals surface area contributed by atoms with Crippen molar-refractivity contribution in [3.8, 4) is 6.07 Å². The van der Waals surface area contributed by atoms with Gasteiger partial charge in [-0.2, -0.15) is 22.7 Å². The number of nitriles is 1. The molecule has 31 heavy (non-hydrogen) atoms. The number of alkyl halides is 3. The van der Waals surface area contributed by atoms with E-state index in [2.05, 4.69) is 0 Å². The van der Waals surface area contributed by atoms with Crippen LogP contribution in [0.5, 0.6) is 0 Å². The lowest BCUT2D eigenvalue weighted by atomic mass is 10.1. The lowest BCUT2D eigenvalue weighted by Crippen LogP contribution is -2.50. The molecule has 0 amide bonds. The molecule has 12 heteroatoms. The zero-order valence-corrected chi connectivity index (χ0v) is 17.4. The first-order valence-corrected chi connectivity index (χ1v) is 10.6. The summed E-state index contributed by atoms with van der Waals surface area (Å²) in [5.74, 6) is -0.934. The molecule has 2 aromatic rings. The van der Waals surface area contributed by atoms with Gasteiger partial charge < -0.3 is 10.8 Å². The quantitative estimate of drug-likeness (QED) is 0.445. The van der Waals surface area contributed by atoms with Crippen molar-refractivity contribution in [3.05, 3.63) is 64.4 Å². The summed E-state index contributed by atoms with van der Waals surface area (Å²) in [5.41, 5.74) is 5.19. The number of rotatable bonds is 8. The first kappa shape index (κ1) is 25.0. The van der Waals surface area contributed by atoms with Gasteiger partial charge in [0.25, 0.3) is 0 Å². The van der Waals surface area contributed by atoms with Crippen LogP contribution in [0.4, 0.5) is 17.6 Å². The Kier molecular flexibility index (Phi) is 8.02. The highest BCUT2D eigenvalue weighted by molar-refractivity contribution is 7.89. The zero-order valence-electron chi connectivity index (χ0n) is 15.9. The normalized spacial score (nSPS) is 14.3. The van der Waals surface area contributed by atoms with E-state index in [0.29, 0.717) is 4.31 Å². The SMILES string of the molecule is N#Cc1ccc(CN([C@H](CCC(F)(F)F)C(N)O)S(=O)(=O)c2ccc(Cl)cc2)c(F)c1. The van der Waals surface area contributed by atoms with Crippen LogP contribution in [0, 0.1) is 17.1 Å². The molecule has 2 aromatic carbocycles. The van der Waals surface area contributed by atoms with Crippen molar-refractivity contribution in [2.45, 2.75) is 42.7 Å². The molecule has 0 saturated carbocycles. The molecule has 2 rings (SSSR count). The third kappa shape index (κ3) is 6.62. The number of aliphatic hydroxyl groups excluding tert-OH is 1. The number of benzene rings is 2. The minimum atomic E-state index is -4.64. The predicted molar refractivity (Wildman–Crippen MR) is 105 cm³/mol. The molecule has 0 aliphatic carbocycles. The van der Waals surface area contributed by atoms with E-state index >= 15 is 0 Å². The summed E-state index contributed by atoms with van der Waals surface area (Å²) < 4.78 is 79.7. The van der Waals surface area contributed by atoms with Gasteiger partial charge in [-0.25, -0.2) is 12.8 Å². The van der Waals surface area contributed by atoms with E-state index in [-0.39, 0.29) is 21.0 Å². The van der Waals surface area contributed by atoms with E-state index in [1.54, 1.807) is 6.07 Å². The van der Waals surface area contributed by atoms with Crippen LogP contribution in [0.1, 0.15) is 24.0 Å². The van der Waals surface area contributed by atoms with Gasteiger partial charge in [-0.3, -0.25) is 0 Å². The fourth-order valence-corrected chi connectivity index (χ4v) is 4.60. The average Bonchev–Trinajstić information content (AvgIpc) is 2.67. The minimum absolute atomic E-state index is 0.0270. The Hall–Kier alpha value is -2.23. The fourth-order valence-electron chi connectivity index (χ4n) is 2.83. The van der Waals surface area contributed by atoms with Gasteiger partial charge in [0.1, 0.15) is 12.0 Å². The molecule has 0 bridgehead atoms. The van der Waals surface area contributed by atoms with Crippen molar-refractivity contribution in [3.63, 3.8) is 0 Å². The standard InChI is InChI=1S/C19H18ClF4N3O3S/c20-14-3-5-15(6-4-14)31(29,30)27(17(18(26)28)7-8-19(22,23)24)11-13-2-1-12(10-25)9-16(13)21/h1-6,9,17-18,28H,7-8,11,26H2/t17-,18?/m1/s1. The van der Waals surface area contributed by atoms with Gasteiger partial charge in [0.15, 0.2) is 0 Å². The van der Waals surface area contributed by atoms with Crippen LogP contribution in [-0.2, 0) is 16.6 Å². The first-order valence-electron chi connectivity index (χ1n) is 8.81. The van der Waals surface area contributed by atoms with Crippen LogP contribution in [0.15, 0.2) is 47.4 Å². The Morgan fingerprint density at radius 2 is 1.81 bits per heavy atom. The molecular weight excluding hydrogens is 462 g/mol. The molecule has 6 nitrogen and oxygen atoms in total. The molecule has 2 atom stereocenters. The number of sulfonamides is 1. The Bertz CT molecular complexity index is 1050. The second kappa shape index (κ2) is 9.93. The lowest BCUT2D eigenvalue weighted by Gasteiger charge is -2.33. The van der Waals surface area contributed by atoms with Gasteiger partial charge in [-0.15, -0.1) is 0 Å². The molecule has 0 spiro atoms. The van der Waals surface area contributed by atoms with Gasteiger partial charge >= 0.3 is 6.18 Å². The highest BCUT2D eigenvalue weighted by Gasteiger charge is 2.38. The van der Waals surface area contributed by atoms with Gasteiger partial charge in [0.2, 0.25) is 10.0 Å². The van der Waals surface area contributed by atoms with Crippen molar-refractivity contribution >= 4 is 21.6 Å². The van der Waals surface area contributed by atoms with Crippen LogP contribution < -0.4 is 5.73 Å². The molecule has 0 heterocycles. The van der Waals surface area contributed by atoms with Crippen molar-refractivity contribution in [2.24, 2.45) is 5.73 Å². The Morgan fingerprint density at radius 1 is 1.19 bits per heavy atom. The fraction of sp³-hybridized carbons (Fsp3) is 0.316. The maximum absolute atomic E-state index is 14.4. The maximum atomic E-state index is 14.4. The summed E-state index contributed by atoms with van der Waals surface area (Å²) in [6.07, 6.45) is -8.89. The Balaban J connectivity index is 2.54. The zero-order chi connectivity index (χ0) is 23.4. The van der Waals surface area contributed by atoms with E-state index < -0.39 is 53.7 Å². The summed E-state index contributed by atoms with van der Waals surface area (Å²) in [4.78, 5) is -0.330. The third-order valence-corrected chi connectivity index (χ3v) is 6.55. The number of halogens is 5. The average molecular weight is 480 g/mol. The Morgan fingerprint density at radius 3 is 2.29 bits per heavy atom. The first-order chi connectivity index (χ1) is 14.3. The molecule has 0 saturated heterocycles. The van der Waals surface area contributed by atoms with Gasteiger partial charge in [0.05, 0.1) is 22.6 Å².